The Morgan fingerprint density at radius 1 is 1.77 bits per heavy atom. The number of amides is 1. The zero-order valence-corrected chi connectivity index (χ0v) is 7.63. The fourth-order valence-electron chi connectivity index (χ4n) is 1.42. The van der Waals surface area contributed by atoms with Crippen LogP contribution in [0.4, 0.5) is 0 Å². The summed E-state index contributed by atoms with van der Waals surface area (Å²) in [4.78, 5) is 22.3. The van der Waals surface area contributed by atoms with Gasteiger partial charge < -0.3 is 5.11 Å². The first-order valence-electron chi connectivity index (χ1n) is 4.10. The molecule has 0 spiro atoms. The van der Waals surface area contributed by atoms with Crippen LogP contribution in [0, 0.1) is 5.41 Å². The molecule has 0 aromatic carbocycles. The van der Waals surface area contributed by atoms with Crippen molar-refractivity contribution in [2.45, 2.75) is 26.7 Å². The van der Waals surface area contributed by atoms with E-state index in [0.29, 0.717) is 5.71 Å². The van der Waals surface area contributed by atoms with E-state index in [-0.39, 0.29) is 12.8 Å². The Labute approximate surface area is 75.8 Å². The standard InChI is InChI=1S/C8H12N2O3/c1-3-8(7(12)13)4-5(2)9-10-6(8)11/h3-4H2,1-2H3,(H,10,11)(H,12,13). The third-order valence-corrected chi connectivity index (χ3v) is 2.35. The van der Waals surface area contributed by atoms with Crippen molar-refractivity contribution in [2.24, 2.45) is 10.5 Å². The molecule has 13 heavy (non-hydrogen) atoms. The van der Waals surface area contributed by atoms with Crippen LogP contribution >= 0.6 is 0 Å². The van der Waals surface area contributed by atoms with E-state index in [2.05, 4.69) is 10.5 Å². The molecule has 0 aliphatic carbocycles. The van der Waals surface area contributed by atoms with E-state index in [1.165, 1.54) is 0 Å². The molecule has 0 radical (unpaired) electrons. The third-order valence-electron chi connectivity index (χ3n) is 2.35. The zero-order chi connectivity index (χ0) is 10.1. The molecular weight excluding hydrogens is 172 g/mol. The SMILES string of the molecule is CCC1(C(=O)O)CC(C)=NNC1=O. The second-order valence-electron chi connectivity index (χ2n) is 3.21. The lowest BCUT2D eigenvalue weighted by molar-refractivity contribution is -0.156. The Morgan fingerprint density at radius 2 is 2.38 bits per heavy atom. The fraction of sp³-hybridized carbons (Fsp3) is 0.625. The van der Waals surface area contributed by atoms with Crippen molar-refractivity contribution in [3.8, 4) is 0 Å². The Kier molecular flexibility index (Phi) is 2.36. The highest BCUT2D eigenvalue weighted by molar-refractivity contribution is 6.07. The number of carbonyl (C=O) groups is 2. The molecule has 0 fully saturated rings. The summed E-state index contributed by atoms with van der Waals surface area (Å²) >= 11 is 0. The van der Waals surface area contributed by atoms with Gasteiger partial charge in [0.25, 0.3) is 5.91 Å². The van der Waals surface area contributed by atoms with Crippen LogP contribution in [0.25, 0.3) is 0 Å². The van der Waals surface area contributed by atoms with Crippen LogP contribution in [0.3, 0.4) is 0 Å². The number of carboxylic acids is 1. The largest absolute Gasteiger partial charge is 0.480 e. The van der Waals surface area contributed by atoms with Crippen LogP contribution in [-0.4, -0.2) is 22.7 Å². The number of rotatable bonds is 2. The molecule has 0 aromatic rings. The number of hydrogen-bond acceptors (Lipinski definition) is 3. The van der Waals surface area contributed by atoms with E-state index in [4.69, 9.17) is 5.11 Å². The zero-order valence-electron chi connectivity index (χ0n) is 7.63. The summed E-state index contributed by atoms with van der Waals surface area (Å²) in [5, 5.41) is 12.7. The molecule has 1 rings (SSSR count). The number of nitrogens with one attached hydrogen (secondary N) is 1. The summed E-state index contributed by atoms with van der Waals surface area (Å²) < 4.78 is 0. The molecule has 0 bridgehead atoms. The number of nitrogens with zero attached hydrogens (tertiary/aromatic N) is 1. The number of hydrazone groups is 1. The molecule has 1 atom stereocenters. The lowest BCUT2D eigenvalue weighted by Crippen LogP contribution is -2.49. The first-order chi connectivity index (χ1) is 6.03. The van der Waals surface area contributed by atoms with Crippen LogP contribution in [-0.2, 0) is 9.59 Å². The molecular formula is C8H12N2O3. The predicted octanol–water partition coefficient (Wildman–Crippen LogP) is 0.363. The van der Waals surface area contributed by atoms with Crippen molar-refractivity contribution >= 4 is 17.6 Å². The van der Waals surface area contributed by atoms with E-state index < -0.39 is 17.3 Å². The van der Waals surface area contributed by atoms with Crippen molar-refractivity contribution in [3.63, 3.8) is 0 Å². The van der Waals surface area contributed by atoms with Gasteiger partial charge in [0.15, 0.2) is 5.41 Å². The lowest BCUT2D eigenvalue weighted by atomic mass is 9.79. The second kappa shape index (κ2) is 3.16. The number of aliphatic carboxylic acids is 1. The highest BCUT2D eigenvalue weighted by Gasteiger charge is 2.46. The average molecular weight is 184 g/mol. The highest BCUT2D eigenvalue weighted by atomic mass is 16.4. The number of hydrogen-bond donors (Lipinski definition) is 2. The van der Waals surface area contributed by atoms with Gasteiger partial charge in [0.2, 0.25) is 0 Å². The van der Waals surface area contributed by atoms with Gasteiger partial charge in [-0.15, -0.1) is 0 Å². The van der Waals surface area contributed by atoms with Crippen LogP contribution in [0.1, 0.15) is 26.7 Å². The highest BCUT2D eigenvalue weighted by Crippen LogP contribution is 2.30. The molecule has 1 heterocycles. The van der Waals surface area contributed by atoms with E-state index in [0.717, 1.165) is 0 Å². The minimum Gasteiger partial charge on any atom is -0.480 e. The van der Waals surface area contributed by atoms with E-state index in [1.54, 1.807) is 13.8 Å². The lowest BCUT2D eigenvalue weighted by Gasteiger charge is -2.28. The Balaban J connectivity index is 3.05. The fourth-order valence-corrected chi connectivity index (χ4v) is 1.42. The van der Waals surface area contributed by atoms with Gasteiger partial charge in [-0.25, -0.2) is 5.43 Å². The molecule has 0 saturated carbocycles. The number of carbonyl (C=O) groups excluding carboxylic acids is 1. The normalized spacial score (nSPS) is 27.8. The van der Waals surface area contributed by atoms with Crippen LogP contribution in [0.15, 0.2) is 5.10 Å². The van der Waals surface area contributed by atoms with Crippen LogP contribution < -0.4 is 5.43 Å². The minimum absolute atomic E-state index is 0.199. The van der Waals surface area contributed by atoms with Gasteiger partial charge in [-0.2, -0.15) is 5.10 Å². The average Bonchev–Trinajstić information content (AvgIpc) is 2.09. The monoisotopic (exact) mass is 184 g/mol. The summed E-state index contributed by atoms with van der Waals surface area (Å²) in [5.74, 6) is -1.60. The first kappa shape index (κ1) is 9.70. The van der Waals surface area contributed by atoms with Crippen molar-refractivity contribution in [1.82, 2.24) is 5.43 Å². The maximum Gasteiger partial charge on any atom is 0.319 e. The van der Waals surface area contributed by atoms with Gasteiger partial charge in [0, 0.05) is 12.1 Å². The molecule has 1 aliphatic heterocycles. The van der Waals surface area contributed by atoms with Gasteiger partial charge in [-0.3, -0.25) is 9.59 Å². The smallest absolute Gasteiger partial charge is 0.319 e. The van der Waals surface area contributed by atoms with Crippen LogP contribution in [0.2, 0.25) is 0 Å². The second-order valence-corrected chi connectivity index (χ2v) is 3.21. The summed E-state index contributed by atoms with van der Waals surface area (Å²) in [6.07, 6.45) is 0.478. The van der Waals surface area contributed by atoms with Crippen molar-refractivity contribution in [2.75, 3.05) is 0 Å². The molecule has 0 aromatic heterocycles. The molecule has 5 heteroatoms. The van der Waals surface area contributed by atoms with Crippen molar-refractivity contribution in [1.29, 1.82) is 0 Å². The Bertz CT molecular complexity index is 285. The maximum absolute atomic E-state index is 11.3. The minimum atomic E-state index is -1.31. The molecule has 2 N–H and O–H groups in total. The quantitative estimate of drug-likeness (QED) is 0.608. The summed E-state index contributed by atoms with van der Waals surface area (Å²) in [6.45, 7) is 3.39. The third kappa shape index (κ3) is 1.41. The van der Waals surface area contributed by atoms with Gasteiger partial charge in [0.1, 0.15) is 0 Å². The van der Waals surface area contributed by atoms with Gasteiger partial charge in [-0.1, -0.05) is 6.92 Å². The van der Waals surface area contributed by atoms with E-state index in [9.17, 15) is 9.59 Å². The van der Waals surface area contributed by atoms with Crippen molar-refractivity contribution < 1.29 is 14.7 Å². The Morgan fingerprint density at radius 3 is 2.77 bits per heavy atom. The Hall–Kier alpha value is -1.39. The molecule has 5 nitrogen and oxygen atoms in total. The summed E-state index contributed by atoms with van der Waals surface area (Å²) in [7, 11) is 0. The number of carboxylic acid groups (broad SMARTS) is 1. The summed E-state index contributed by atoms with van der Waals surface area (Å²) in [6, 6.07) is 0. The first-order valence-corrected chi connectivity index (χ1v) is 4.10. The van der Waals surface area contributed by atoms with Crippen molar-refractivity contribution in [3.05, 3.63) is 0 Å². The van der Waals surface area contributed by atoms with Gasteiger partial charge >= 0.3 is 5.97 Å². The molecule has 0 saturated heterocycles. The van der Waals surface area contributed by atoms with E-state index in [1.807, 2.05) is 0 Å². The maximum atomic E-state index is 11.3. The molecule has 1 amide bonds. The molecule has 72 valence electrons. The van der Waals surface area contributed by atoms with Gasteiger partial charge in [-0.05, 0) is 13.3 Å². The summed E-state index contributed by atoms with van der Waals surface area (Å²) in [5.41, 5.74) is 1.55. The van der Waals surface area contributed by atoms with E-state index >= 15 is 0 Å². The molecule has 1 aliphatic rings. The van der Waals surface area contributed by atoms with Gasteiger partial charge in [0.05, 0.1) is 0 Å². The van der Waals surface area contributed by atoms with Crippen LogP contribution in [0.5, 0.6) is 0 Å². The topological polar surface area (TPSA) is 78.8 Å². The predicted molar refractivity (Wildman–Crippen MR) is 46.2 cm³/mol. The molecule has 1 unspecified atom stereocenters.